The molecule has 8 nitrogen and oxygen atoms in total. The molecule has 2 amide bonds. The molecule has 2 heterocycles. The number of hydrogen-bond acceptors (Lipinski definition) is 5. The van der Waals surface area contributed by atoms with Crippen molar-refractivity contribution in [3.8, 4) is 11.4 Å². The predicted molar refractivity (Wildman–Crippen MR) is 110 cm³/mol. The molecule has 1 saturated heterocycles. The van der Waals surface area contributed by atoms with E-state index in [2.05, 4.69) is 15.2 Å². The average Bonchev–Trinajstić information content (AvgIpc) is 3.33. The number of H-pyrrole nitrogens is 1. The highest BCUT2D eigenvalue weighted by Crippen LogP contribution is 2.18. The lowest BCUT2D eigenvalue weighted by Gasteiger charge is -2.39. The van der Waals surface area contributed by atoms with E-state index < -0.39 is 11.7 Å². The molecule has 3 aromatic rings. The van der Waals surface area contributed by atoms with Gasteiger partial charge in [0.15, 0.2) is 5.82 Å². The zero-order valence-electron chi connectivity index (χ0n) is 16.5. The number of piperazine rings is 1. The highest BCUT2D eigenvalue weighted by Gasteiger charge is 2.33. The van der Waals surface area contributed by atoms with Gasteiger partial charge in [-0.25, -0.2) is 4.98 Å². The molecule has 1 aliphatic rings. The molecule has 0 unspecified atom stereocenters. The van der Waals surface area contributed by atoms with Crippen molar-refractivity contribution in [2.75, 3.05) is 19.6 Å². The van der Waals surface area contributed by atoms with Crippen molar-refractivity contribution < 1.29 is 14.4 Å². The van der Waals surface area contributed by atoms with Crippen LogP contribution in [0.3, 0.4) is 0 Å². The fraction of sp³-hybridized carbons (Fsp3) is 0.227. The molecular formula is C22H21N5O3. The minimum Gasteiger partial charge on any atom is -0.335 e. The first-order chi connectivity index (χ1) is 14.5. The number of aromatic amines is 1. The van der Waals surface area contributed by atoms with Crippen LogP contribution < -0.4 is 0 Å². The maximum Gasteiger partial charge on any atom is 0.295 e. The Bertz CT molecular complexity index is 1050. The minimum absolute atomic E-state index is 0.0663. The first kappa shape index (κ1) is 19.5. The molecule has 1 aromatic heterocycles. The molecule has 152 valence electrons. The van der Waals surface area contributed by atoms with Crippen molar-refractivity contribution in [3.05, 3.63) is 72.1 Å². The first-order valence-electron chi connectivity index (χ1n) is 9.70. The van der Waals surface area contributed by atoms with E-state index in [0.29, 0.717) is 36.6 Å². The standard InChI is InChI=1S/C22H21N5O3/c1-15-13-26(21(29)18-5-3-2-4-6-18)11-12-27(15)22(30)19(28)16-7-9-17(10-8-16)20-23-14-24-25-20/h2-10,14-15H,11-13H2,1H3,(H,23,24,25)/t15-/m1/s1. The lowest BCUT2D eigenvalue weighted by molar-refractivity contribution is -0.130. The summed E-state index contributed by atoms with van der Waals surface area (Å²) in [6, 6.07) is 15.4. The molecule has 1 atom stereocenters. The number of ketones is 1. The molecule has 4 rings (SSSR count). The van der Waals surface area contributed by atoms with Gasteiger partial charge in [-0.15, -0.1) is 0 Å². The Kier molecular flexibility index (Phi) is 5.38. The zero-order valence-corrected chi connectivity index (χ0v) is 16.5. The summed E-state index contributed by atoms with van der Waals surface area (Å²) in [5.41, 5.74) is 1.68. The highest BCUT2D eigenvalue weighted by atomic mass is 16.2. The second-order valence-corrected chi connectivity index (χ2v) is 7.19. The third-order valence-corrected chi connectivity index (χ3v) is 5.21. The predicted octanol–water partition coefficient (Wildman–Crippen LogP) is 2.03. The largest absolute Gasteiger partial charge is 0.335 e. The maximum atomic E-state index is 12.8. The van der Waals surface area contributed by atoms with Gasteiger partial charge in [-0.1, -0.05) is 42.5 Å². The van der Waals surface area contributed by atoms with Gasteiger partial charge in [-0.05, 0) is 19.1 Å². The molecule has 1 fully saturated rings. The molecule has 2 aromatic carbocycles. The number of aromatic nitrogens is 3. The number of rotatable bonds is 4. The third kappa shape index (κ3) is 3.84. The topological polar surface area (TPSA) is 99.3 Å². The number of Topliss-reactive ketones (excluding diaryl/α,β-unsaturated/α-hetero) is 1. The van der Waals surface area contributed by atoms with Crippen molar-refractivity contribution in [1.82, 2.24) is 25.0 Å². The summed E-state index contributed by atoms with van der Waals surface area (Å²) in [5.74, 6) is -0.664. The van der Waals surface area contributed by atoms with E-state index in [1.807, 2.05) is 25.1 Å². The number of nitrogens with zero attached hydrogens (tertiary/aromatic N) is 4. The molecule has 1 aliphatic heterocycles. The second-order valence-electron chi connectivity index (χ2n) is 7.19. The molecule has 0 bridgehead atoms. The van der Waals surface area contributed by atoms with Crippen LogP contribution in [0.4, 0.5) is 0 Å². The third-order valence-electron chi connectivity index (χ3n) is 5.21. The molecule has 0 saturated carbocycles. The molecule has 0 radical (unpaired) electrons. The Morgan fingerprint density at radius 2 is 1.70 bits per heavy atom. The van der Waals surface area contributed by atoms with Crippen LogP contribution in [0, 0.1) is 0 Å². The molecule has 0 spiro atoms. The van der Waals surface area contributed by atoms with Crippen molar-refractivity contribution >= 4 is 17.6 Å². The van der Waals surface area contributed by atoms with Crippen LogP contribution in [-0.4, -0.2) is 68.3 Å². The van der Waals surface area contributed by atoms with Crippen molar-refractivity contribution in [1.29, 1.82) is 0 Å². The molecule has 30 heavy (non-hydrogen) atoms. The van der Waals surface area contributed by atoms with E-state index in [1.165, 1.54) is 6.33 Å². The van der Waals surface area contributed by atoms with E-state index in [1.54, 1.807) is 46.2 Å². The Balaban J connectivity index is 1.41. The van der Waals surface area contributed by atoms with Gasteiger partial charge in [-0.3, -0.25) is 19.5 Å². The van der Waals surface area contributed by atoms with Crippen molar-refractivity contribution in [2.45, 2.75) is 13.0 Å². The molecule has 8 heteroatoms. The number of hydrogen-bond donors (Lipinski definition) is 1. The summed E-state index contributed by atoms with van der Waals surface area (Å²) >= 11 is 0. The van der Waals surface area contributed by atoms with Gasteiger partial charge >= 0.3 is 0 Å². The van der Waals surface area contributed by atoms with Crippen molar-refractivity contribution in [3.63, 3.8) is 0 Å². The molecular weight excluding hydrogens is 382 g/mol. The molecule has 0 aliphatic carbocycles. The Labute approximate surface area is 173 Å². The van der Waals surface area contributed by atoms with Gasteiger partial charge in [0.2, 0.25) is 5.78 Å². The summed E-state index contributed by atoms with van der Waals surface area (Å²) in [7, 11) is 0. The summed E-state index contributed by atoms with van der Waals surface area (Å²) in [5, 5.41) is 6.63. The number of benzene rings is 2. The van der Waals surface area contributed by atoms with Gasteiger partial charge in [-0.2, -0.15) is 5.10 Å². The van der Waals surface area contributed by atoms with Crippen LogP contribution in [0.1, 0.15) is 27.6 Å². The summed E-state index contributed by atoms with van der Waals surface area (Å²) < 4.78 is 0. The van der Waals surface area contributed by atoms with Crippen LogP contribution in [0.15, 0.2) is 60.9 Å². The van der Waals surface area contributed by atoms with Crippen LogP contribution in [-0.2, 0) is 4.79 Å². The van der Waals surface area contributed by atoms with Gasteiger partial charge < -0.3 is 9.80 Å². The average molecular weight is 403 g/mol. The van der Waals surface area contributed by atoms with Gasteiger partial charge in [0.25, 0.3) is 11.8 Å². The number of amides is 2. The van der Waals surface area contributed by atoms with E-state index in [4.69, 9.17) is 0 Å². The van der Waals surface area contributed by atoms with Crippen molar-refractivity contribution in [2.24, 2.45) is 0 Å². The van der Waals surface area contributed by atoms with Gasteiger partial charge in [0, 0.05) is 42.4 Å². The summed E-state index contributed by atoms with van der Waals surface area (Å²) in [6.07, 6.45) is 1.47. The lowest BCUT2D eigenvalue weighted by Crippen LogP contribution is -2.56. The Hall–Kier alpha value is -3.81. The van der Waals surface area contributed by atoms with E-state index >= 15 is 0 Å². The highest BCUT2D eigenvalue weighted by molar-refractivity contribution is 6.42. The number of carbonyl (C=O) groups is 3. The number of nitrogens with one attached hydrogen (secondary N) is 1. The zero-order chi connectivity index (χ0) is 21.1. The van der Waals surface area contributed by atoms with Crippen LogP contribution in [0.2, 0.25) is 0 Å². The SMILES string of the molecule is C[C@@H]1CN(C(=O)c2ccccc2)CCN1C(=O)C(=O)c1ccc(-c2nc[nH]n2)cc1. The van der Waals surface area contributed by atoms with E-state index in [0.717, 1.165) is 5.56 Å². The van der Waals surface area contributed by atoms with Gasteiger partial charge in [0.1, 0.15) is 6.33 Å². The van der Waals surface area contributed by atoms with Gasteiger partial charge in [0.05, 0.1) is 0 Å². The van der Waals surface area contributed by atoms with Crippen LogP contribution in [0.5, 0.6) is 0 Å². The Morgan fingerprint density at radius 1 is 0.967 bits per heavy atom. The number of carbonyl (C=O) groups excluding carboxylic acids is 3. The second kappa shape index (κ2) is 8.28. The van der Waals surface area contributed by atoms with Crippen LogP contribution in [0.25, 0.3) is 11.4 Å². The lowest BCUT2D eigenvalue weighted by atomic mass is 10.0. The molecule has 1 N–H and O–H groups in total. The van der Waals surface area contributed by atoms with E-state index in [-0.39, 0.29) is 11.9 Å². The monoisotopic (exact) mass is 403 g/mol. The quantitative estimate of drug-likeness (QED) is 0.531. The Morgan fingerprint density at radius 3 is 2.33 bits per heavy atom. The smallest absolute Gasteiger partial charge is 0.295 e. The fourth-order valence-electron chi connectivity index (χ4n) is 3.58. The van der Waals surface area contributed by atoms with E-state index in [9.17, 15) is 14.4 Å². The first-order valence-corrected chi connectivity index (χ1v) is 9.70. The summed E-state index contributed by atoms with van der Waals surface area (Å²) in [6.45, 7) is 2.94. The normalized spacial score (nSPS) is 16.4. The summed E-state index contributed by atoms with van der Waals surface area (Å²) in [4.78, 5) is 45.5. The fourth-order valence-corrected chi connectivity index (χ4v) is 3.58. The minimum atomic E-state index is -0.564. The maximum absolute atomic E-state index is 12.8. The van der Waals surface area contributed by atoms with Crippen LogP contribution >= 0.6 is 0 Å².